The van der Waals surface area contributed by atoms with Crippen LogP contribution in [-0.2, 0) is 0 Å². The van der Waals surface area contributed by atoms with Gasteiger partial charge in [0.25, 0.3) is 0 Å². The molecule has 0 atom stereocenters. The van der Waals surface area contributed by atoms with E-state index in [1.165, 1.54) is 0 Å². The van der Waals surface area contributed by atoms with Crippen molar-refractivity contribution in [3.63, 3.8) is 0 Å². The first-order valence-electron chi connectivity index (χ1n) is 4.57. The molecule has 0 fully saturated rings. The molecule has 0 radical (unpaired) electrons. The van der Waals surface area contributed by atoms with Crippen LogP contribution in [0.25, 0.3) is 0 Å². The van der Waals surface area contributed by atoms with Crippen molar-refractivity contribution in [3.8, 4) is 5.75 Å². The molecular formula is C10H13BrN2O2. The topological polar surface area (TPSA) is 64.4 Å². The second-order valence-electron chi connectivity index (χ2n) is 2.90. The van der Waals surface area contributed by atoms with Crippen LogP contribution >= 0.6 is 15.9 Å². The van der Waals surface area contributed by atoms with Crippen molar-refractivity contribution in [2.75, 3.05) is 17.3 Å². The highest BCUT2D eigenvalue weighted by atomic mass is 79.9. The molecule has 0 heterocycles. The molecule has 0 saturated heterocycles. The second kappa shape index (κ2) is 6.29. The van der Waals surface area contributed by atoms with Crippen molar-refractivity contribution in [2.45, 2.75) is 6.42 Å². The van der Waals surface area contributed by atoms with Gasteiger partial charge in [0, 0.05) is 11.0 Å². The molecule has 0 aromatic heterocycles. The Balaban J connectivity index is 2.45. The minimum Gasteiger partial charge on any atom is -0.494 e. The molecule has 0 aliphatic rings. The first kappa shape index (κ1) is 11.8. The Bertz CT molecular complexity index is 314. The lowest BCUT2D eigenvalue weighted by atomic mass is 10.3. The van der Waals surface area contributed by atoms with E-state index in [0.717, 1.165) is 17.5 Å². The average molecular weight is 273 g/mol. The number of hydrogen-bond donors (Lipinski definition) is 2. The smallest absolute Gasteiger partial charge is 0.316 e. The van der Waals surface area contributed by atoms with E-state index < -0.39 is 6.03 Å². The number of benzene rings is 1. The van der Waals surface area contributed by atoms with Crippen molar-refractivity contribution in [2.24, 2.45) is 5.73 Å². The standard InChI is InChI=1S/C10H13BrN2O2/c11-6-1-7-15-9-4-2-8(3-5-9)13-10(12)14/h2-5H,1,6-7H2,(H3,12,13,14). The van der Waals surface area contributed by atoms with Crippen LogP contribution in [-0.4, -0.2) is 18.0 Å². The number of hydrogen-bond acceptors (Lipinski definition) is 2. The van der Waals surface area contributed by atoms with E-state index in [0.29, 0.717) is 12.3 Å². The molecule has 0 aliphatic carbocycles. The summed E-state index contributed by atoms with van der Waals surface area (Å²) in [6.07, 6.45) is 0.960. The molecule has 5 heteroatoms. The van der Waals surface area contributed by atoms with E-state index in [1.54, 1.807) is 24.3 Å². The Morgan fingerprint density at radius 1 is 1.40 bits per heavy atom. The molecule has 2 amide bonds. The predicted octanol–water partition coefficient (Wildman–Crippen LogP) is 2.34. The Morgan fingerprint density at radius 2 is 2.07 bits per heavy atom. The van der Waals surface area contributed by atoms with Gasteiger partial charge in [0.1, 0.15) is 5.75 Å². The molecular weight excluding hydrogens is 260 g/mol. The maximum Gasteiger partial charge on any atom is 0.316 e. The molecule has 0 bridgehead atoms. The number of urea groups is 1. The summed E-state index contributed by atoms with van der Waals surface area (Å²) in [6.45, 7) is 0.674. The Morgan fingerprint density at radius 3 is 2.60 bits per heavy atom. The molecule has 3 N–H and O–H groups in total. The van der Waals surface area contributed by atoms with Crippen molar-refractivity contribution < 1.29 is 9.53 Å². The zero-order chi connectivity index (χ0) is 11.1. The highest BCUT2D eigenvalue weighted by Crippen LogP contribution is 2.15. The number of nitrogens with two attached hydrogens (primary N) is 1. The van der Waals surface area contributed by atoms with Gasteiger partial charge in [0.15, 0.2) is 0 Å². The van der Waals surface area contributed by atoms with Crippen molar-refractivity contribution >= 4 is 27.6 Å². The average Bonchev–Trinajstić information content (AvgIpc) is 2.20. The van der Waals surface area contributed by atoms with E-state index in [2.05, 4.69) is 21.2 Å². The van der Waals surface area contributed by atoms with Gasteiger partial charge in [-0.05, 0) is 30.7 Å². The molecule has 15 heavy (non-hydrogen) atoms. The maximum atomic E-state index is 10.5. The first-order valence-corrected chi connectivity index (χ1v) is 5.70. The summed E-state index contributed by atoms with van der Waals surface area (Å²) in [5.74, 6) is 0.783. The molecule has 0 saturated carbocycles. The second-order valence-corrected chi connectivity index (χ2v) is 3.70. The van der Waals surface area contributed by atoms with E-state index in [9.17, 15) is 4.79 Å². The van der Waals surface area contributed by atoms with E-state index >= 15 is 0 Å². The maximum absolute atomic E-state index is 10.5. The fraction of sp³-hybridized carbons (Fsp3) is 0.300. The van der Waals surface area contributed by atoms with Crippen LogP contribution in [0.1, 0.15) is 6.42 Å². The van der Waals surface area contributed by atoms with Gasteiger partial charge >= 0.3 is 6.03 Å². The fourth-order valence-electron chi connectivity index (χ4n) is 1.02. The van der Waals surface area contributed by atoms with Gasteiger partial charge in [0.05, 0.1) is 6.61 Å². The van der Waals surface area contributed by atoms with Crippen LogP contribution < -0.4 is 15.8 Å². The quantitative estimate of drug-likeness (QED) is 0.638. The largest absolute Gasteiger partial charge is 0.494 e. The van der Waals surface area contributed by atoms with E-state index in [-0.39, 0.29) is 0 Å². The number of primary amides is 1. The van der Waals surface area contributed by atoms with E-state index in [1.807, 2.05) is 0 Å². The molecule has 0 unspecified atom stereocenters. The molecule has 1 aromatic rings. The van der Waals surface area contributed by atoms with Gasteiger partial charge in [-0.3, -0.25) is 0 Å². The number of anilines is 1. The number of alkyl halides is 1. The summed E-state index contributed by atoms with van der Waals surface area (Å²) >= 11 is 3.32. The van der Waals surface area contributed by atoms with Crippen molar-refractivity contribution in [3.05, 3.63) is 24.3 Å². The SMILES string of the molecule is NC(=O)Nc1ccc(OCCCBr)cc1. The molecule has 82 valence electrons. The Kier molecular flexibility index (Phi) is 4.97. The number of ether oxygens (including phenoxy) is 1. The highest BCUT2D eigenvalue weighted by molar-refractivity contribution is 9.09. The Hall–Kier alpha value is -1.23. The zero-order valence-corrected chi connectivity index (χ0v) is 9.79. The minimum atomic E-state index is -0.567. The monoisotopic (exact) mass is 272 g/mol. The third-order valence-electron chi connectivity index (χ3n) is 1.67. The number of halogens is 1. The summed E-state index contributed by atoms with van der Waals surface area (Å²) < 4.78 is 5.43. The lowest BCUT2D eigenvalue weighted by Gasteiger charge is -2.06. The fourth-order valence-corrected chi connectivity index (χ4v) is 1.25. The molecule has 0 aliphatic heterocycles. The summed E-state index contributed by atoms with van der Waals surface area (Å²) in [4.78, 5) is 10.5. The van der Waals surface area contributed by atoms with Gasteiger partial charge in [-0.15, -0.1) is 0 Å². The van der Waals surface area contributed by atoms with Gasteiger partial charge < -0.3 is 15.8 Å². The molecule has 1 aromatic carbocycles. The normalized spacial score (nSPS) is 9.67. The van der Waals surface area contributed by atoms with Crippen LogP contribution in [0, 0.1) is 0 Å². The Labute approximate surface area is 96.9 Å². The third kappa shape index (κ3) is 4.69. The predicted molar refractivity (Wildman–Crippen MR) is 63.6 cm³/mol. The third-order valence-corrected chi connectivity index (χ3v) is 2.23. The van der Waals surface area contributed by atoms with E-state index in [4.69, 9.17) is 10.5 Å². The van der Waals surface area contributed by atoms with Crippen molar-refractivity contribution in [1.82, 2.24) is 0 Å². The number of nitrogens with one attached hydrogen (secondary N) is 1. The highest BCUT2D eigenvalue weighted by Gasteiger charge is 1.97. The van der Waals surface area contributed by atoms with Crippen LogP contribution in [0.15, 0.2) is 24.3 Å². The lowest BCUT2D eigenvalue weighted by Crippen LogP contribution is -2.19. The molecule has 0 spiro atoms. The van der Waals surface area contributed by atoms with Crippen LogP contribution in [0.4, 0.5) is 10.5 Å². The summed E-state index contributed by atoms with van der Waals surface area (Å²) in [5.41, 5.74) is 5.64. The number of carbonyl (C=O) groups excluding carboxylic acids is 1. The molecule has 1 rings (SSSR count). The summed E-state index contributed by atoms with van der Waals surface area (Å²) in [5, 5.41) is 3.40. The summed E-state index contributed by atoms with van der Waals surface area (Å²) in [7, 11) is 0. The number of rotatable bonds is 5. The summed E-state index contributed by atoms with van der Waals surface area (Å²) in [6, 6.07) is 6.50. The van der Waals surface area contributed by atoms with Crippen LogP contribution in [0.5, 0.6) is 5.75 Å². The number of carbonyl (C=O) groups is 1. The van der Waals surface area contributed by atoms with Gasteiger partial charge in [-0.25, -0.2) is 4.79 Å². The zero-order valence-electron chi connectivity index (χ0n) is 8.20. The van der Waals surface area contributed by atoms with Crippen LogP contribution in [0.2, 0.25) is 0 Å². The minimum absolute atomic E-state index is 0.567. The van der Waals surface area contributed by atoms with Gasteiger partial charge in [-0.1, -0.05) is 15.9 Å². The van der Waals surface area contributed by atoms with Gasteiger partial charge in [0.2, 0.25) is 0 Å². The van der Waals surface area contributed by atoms with Gasteiger partial charge in [-0.2, -0.15) is 0 Å². The number of amides is 2. The molecule has 4 nitrogen and oxygen atoms in total. The van der Waals surface area contributed by atoms with Crippen LogP contribution in [0.3, 0.4) is 0 Å². The van der Waals surface area contributed by atoms with Crippen molar-refractivity contribution in [1.29, 1.82) is 0 Å². The lowest BCUT2D eigenvalue weighted by molar-refractivity contribution is 0.259. The first-order chi connectivity index (χ1) is 7.22.